The molecule has 0 heterocycles. The molecule has 2 rings (SSSR count). The standard InChI is InChI=1S/C20H36O3/c1-2-3-4-5-6-7-8-9-10-17(20(16-21)13-14-20)15-19(11-12-19)18(22)23/h17,21H,2-16H2,1H3,(H,22,23). The molecule has 0 spiro atoms. The number of carbonyl (C=O) groups is 1. The molecule has 2 saturated carbocycles. The van der Waals surface area contributed by atoms with Crippen LogP contribution in [0.4, 0.5) is 0 Å². The van der Waals surface area contributed by atoms with Crippen LogP contribution in [0.5, 0.6) is 0 Å². The Labute approximate surface area is 141 Å². The summed E-state index contributed by atoms with van der Waals surface area (Å²) in [5.41, 5.74) is -0.359. The molecule has 1 atom stereocenters. The Kier molecular flexibility index (Phi) is 6.94. The van der Waals surface area contributed by atoms with Gasteiger partial charge in [0.1, 0.15) is 0 Å². The van der Waals surface area contributed by atoms with Crippen LogP contribution in [-0.2, 0) is 4.79 Å². The highest BCUT2D eigenvalue weighted by Crippen LogP contribution is 2.60. The van der Waals surface area contributed by atoms with Gasteiger partial charge < -0.3 is 10.2 Å². The van der Waals surface area contributed by atoms with Gasteiger partial charge in [0.15, 0.2) is 0 Å². The van der Waals surface area contributed by atoms with Gasteiger partial charge in [-0.15, -0.1) is 0 Å². The molecule has 2 aliphatic rings. The summed E-state index contributed by atoms with van der Waals surface area (Å²) in [5, 5.41) is 19.2. The zero-order valence-corrected chi connectivity index (χ0v) is 15.0. The molecule has 23 heavy (non-hydrogen) atoms. The van der Waals surface area contributed by atoms with Crippen LogP contribution in [0.2, 0.25) is 0 Å². The molecule has 0 bridgehead atoms. The van der Waals surface area contributed by atoms with Gasteiger partial charge in [-0.25, -0.2) is 0 Å². The smallest absolute Gasteiger partial charge is 0.309 e. The van der Waals surface area contributed by atoms with Crippen LogP contribution in [0.1, 0.15) is 96.8 Å². The average molecular weight is 325 g/mol. The summed E-state index contributed by atoms with van der Waals surface area (Å²) < 4.78 is 0. The Morgan fingerprint density at radius 1 is 0.957 bits per heavy atom. The number of carboxylic acids is 1. The molecular formula is C20H36O3. The number of aliphatic hydroxyl groups is 1. The normalized spacial score (nSPS) is 21.8. The first kappa shape index (κ1) is 18.8. The van der Waals surface area contributed by atoms with Crippen molar-refractivity contribution in [3.05, 3.63) is 0 Å². The number of aliphatic hydroxyl groups excluding tert-OH is 1. The highest BCUT2D eigenvalue weighted by molar-refractivity contribution is 5.77. The molecule has 1 unspecified atom stereocenters. The van der Waals surface area contributed by atoms with Crippen molar-refractivity contribution in [3.63, 3.8) is 0 Å². The van der Waals surface area contributed by atoms with Gasteiger partial charge in [0.2, 0.25) is 0 Å². The average Bonchev–Trinajstić information content (AvgIpc) is 3.43. The van der Waals surface area contributed by atoms with Crippen LogP contribution in [0, 0.1) is 16.7 Å². The SMILES string of the molecule is CCCCCCCCCCC(CC1(C(=O)O)CC1)C1(CO)CC1. The maximum Gasteiger partial charge on any atom is 0.309 e. The minimum atomic E-state index is -0.604. The van der Waals surface area contributed by atoms with Crippen molar-refractivity contribution < 1.29 is 15.0 Å². The summed E-state index contributed by atoms with van der Waals surface area (Å²) in [6, 6.07) is 0. The lowest BCUT2D eigenvalue weighted by Gasteiger charge is -2.28. The van der Waals surface area contributed by atoms with Crippen molar-refractivity contribution in [3.8, 4) is 0 Å². The van der Waals surface area contributed by atoms with E-state index in [1.807, 2.05) is 0 Å². The highest BCUT2D eigenvalue weighted by atomic mass is 16.4. The maximum atomic E-state index is 11.5. The zero-order valence-electron chi connectivity index (χ0n) is 15.0. The Hall–Kier alpha value is -0.570. The first-order valence-electron chi connectivity index (χ1n) is 9.93. The van der Waals surface area contributed by atoms with Crippen LogP contribution >= 0.6 is 0 Å². The van der Waals surface area contributed by atoms with Gasteiger partial charge in [-0.3, -0.25) is 4.79 Å². The van der Waals surface area contributed by atoms with Crippen LogP contribution in [0.3, 0.4) is 0 Å². The molecule has 2 N–H and O–H groups in total. The summed E-state index contributed by atoms with van der Waals surface area (Å²) in [6.45, 7) is 2.50. The molecule has 0 saturated heterocycles. The Bertz CT molecular complexity index is 369. The van der Waals surface area contributed by atoms with E-state index in [2.05, 4.69) is 6.92 Å². The number of rotatable bonds is 14. The number of hydrogen-bond acceptors (Lipinski definition) is 2. The summed E-state index contributed by atoms with van der Waals surface area (Å²) >= 11 is 0. The number of unbranched alkanes of at least 4 members (excludes halogenated alkanes) is 7. The van der Waals surface area contributed by atoms with Gasteiger partial charge >= 0.3 is 5.97 Å². The number of carboxylic acid groups (broad SMARTS) is 1. The van der Waals surface area contributed by atoms with Gasteiger partial charge in [-0.2, -0.15) is 0 Å². The third-order valence-electron chi connectivity index (χ3n) is 6.42. The molecule has 0 radical (unpaired) electrons. The van der Waals surface area contributed by atoms with Gasteiger partial charge in [-0.1, -0.05) is 58.3 Å². The second-order valence-electron chi connectivity index (χ2n) is 8.27. The molecule has 2 fully saturated rings. The second kappa shape index (κ2) is 8.50. The maximum absolute atomic E-state index is 11.5. The van der Waals surface area contributed by atoms with Crippen molar-refractivity contribution in [1.82, 2.24) is 0 Å². The molecule has 0 aromatic carbocycles. The Balaban J connectivity index is 1.69. The van der Waals surface area contributed by atoms with Crippen LogP contribution in [0.15, 0.2) is 0 Å². The minimum absolute atomic E-state index is 0.0756. The van der Waals surface area contributed by atoms with E-state index in [9.17, 15) is 15.0 Å². The van der Waals surface area contributed by atoms with Crippen molar-refractivity contribution in [2.24, 2.45) is 16.7 Å². The third kappa shape index (κ3) is 5.20. The molecular weight excluding hydrogens is 288 g/mol. The van der Waals surface area contributed by atoms with Gasteiger partial charge in [0.05, 0.1) is 5.41 Å². The van der Waals surface area contributed by atoms with Crippen molar-refractivity contribution in [2.45, 2.75) is 96.8 Å². The summed E-state index contributed by atoms with van der Waals surface area (Å²) in [6.07, 6.45) is 16.3. The first-order valence-corrected chi connectivity index (χ1v) is 9.93. The third-order valence-corrected chi connectivity index (χ3v) is 6.42. The summed E-state index contributed by atoms with van der Waals surface area (Å²) in [5.74, 6) is -0.182. The highest BCUT2D eigenvalue weighted by Gasteiger charge is 2.56. The molecule has 3 heteroatoms. The topological polar surface area (TPSA) is 57.5 Å². The quantitative estimate of drug-likeness (QED) is 0.434. The van der Waals surface area contributed by atoms with Crippen molar-refractivity contribution >= 4 is 5.97 Å². The van der Waals surface area contributed by atoms with E-state index in [4.69, 9.17) is 0 Å². The molecule has 134 valence electrons. The Morgan fingerprint density at radius 3 is 1.96 bits per heavy atom. The lowest BCUT2D eigenvalue weighted by Crippen LogP contribution is -2.27. The van der Waals surface area contributed by atoms with E-state index in [1.165, 1.54) is 51.4 Å². The van der Waals surface area contributed by atoms with Crippen molar-refractivity contribution in [1.29, 1.82) is 0 Å². The molecule has 0 aromatic heterocycles. The predicted octanol–water partition coefficient (Wildman–Crippen LogP) is 5.16. The van der Waals surface area contributed by atoms with E-state index in [-0.39, 0.29) is 12.0 Å². The molecule has 3 nitrogen and oxygen atoms in total. The van der Waals surface area contributed by atoms with Gasteiger partial charge in [0.25, 0.3) is 0 Å². The molecule has 2 aliphatic carbocycles. The first-order chi connectivity index (χ1) is 11.1. The largest absolute Gasteiger partial charge is 0.481 e. The fourth-order valence-corrected chi connectivity index (χ4v) is 4.13. The van der Waals surface area contributed by atoms with E-state index in [1.54, 1.807) is 0 Å². The lowest BCUT2D eigenvalue weighted by molar-refractivity contribution is -0.144. The van der Waals surface area contributed by atoms with E-state index in [0.717, 1.165) is 38.5 Å². The second-order valence-corrected chi connectivity index (χ2v) is 8.27. The van der Waals surface area contributed by atoms with Crippen LogP contribution in [-0.4, -0.2) is 22.8 Å². The monoisotopic (exact) mass is 324 g/mol. The minimum Gasteiger partial charge on any atom is -0.481 e. The zero-order chi connectivity index (χ0) is 16.8. The fourth-order valence-electron chi connectivity index (χ4n) is 4.13. The summed E-state index contributed by atoms with van der Waals surface area (Å²) in [7, 11) is 0. The van der Waals surface area contributed by atoms with Crippen LogP contribution in [0.25, 0.3) is 0 Å². The molecule has 0 aliphatic heterocycles. The number of hydrogen-bond donors (Lipinski definition) is 2. The van der Waals surface area contributed by atoms with Crippen LogP contribution < -0.4 is 0 Å². The van der Waals surface area contributed by atoms with E-state index < -0.39 is 11.4 Å². The number of aliphatic carboxylic acids is 1. The lowest BCUT2D eigenvalue weighted by atomic mass is 9.77. The van der Waals surface area contributed by atoms with Gasteiger partial charge in [-0.05, 0) is 49.9 Å². The van der Waals surface area contributed by atoms with Crippen molar-refractivity contribution in [2.75, 3.05) is 6.61 Å². The van der Waals surface area contributed by atoms with Gasteiger partial charge in [0, 0.05) is 6.61 Å². The molecule has 0 amide bonds. The van der Waals surface area contributed by atoms with E-state index >= 15 is 0 Å². The summed E-state index contributed by atoms with van der Waals surface area (Å²) in [4.78, 5) is 11.5. The molecule has 0 aromatic rings. The fraction of sp³-hybridized carbons (Fsp3) is 0.950. The Morgan fingerprint density at radius 2 is 1.52 bits per heavy atom. The predicted molar refractivity (Wildman–Crippen MR) is 93.4 cm³/mol. The van der Waals surface area contributed by atoms with E-state index in [0.29, 0.717) is 5.92 Å².